The van der Waals surface area contributed by atoms with Crippen LogP contribution in [-0.4, -0.2) is 54.6 Å². The zero-order chi connectivity index (χ0) is 15.2. The van der Waals surface area contributed by atoms with Crippen molar-refractivity contribution in [3.05, 3.63) is 22.2 Å². The Bertz CT molecular complexity index is 494. The third-order valence-corrected chi connectivity index (χ3v) is 3.61. The quantitative estimate of drug-likeness (QED) is 0.660. The molecule has 1 aliphatic heterocycles. The van der Waals surface area contributed by atoms with Gasteiger partial charge in [-0.25, -0.2) is 4.98 Å². The molecular formula is C14H23N5O2. The normalized spacial score (nSPS) is 16.6. The lowest BCUT2D eigenvalue weighted by Crippen LogP contribution is -2.29. The Morgan fingerprint density at radius 3 is 2.86 bits per heavy atom. The fraction of sp³-hybridized carbons (Fsp3) is 0.643. The molecule has 1 aromatic heterocycles. The van der Waals surface area contributed by atoms with Crippen LogP contribution in [0.1, 0.15) is 19.8 Å². The zero-order valence-electron chi connectivity index (χ0n) is 12.7. The van der Waals surface area contributed by atoms with Crippen LogP contribution in [0.4, 0.5) is 17.3 Å². The van der Waals surface area contributed by atoms with Crippen molar-refractivity contribution >= 4 is 17.3 Å². The molecule has 2 heterocycles. The number of pyridine rings is 1. The number of aromatic nitrogens is 1. The van der Waals surface area contributed by atoms with Crippen molar-refractivity contribution in [2.75, 3.05) is 50.0 Å². The van der Waals surface area contributed by atoms with E-state index in [0.29, 0.717) is 11.6 Å². The van der Waals surface area contributed by atoms with Crippen LogP contribution in [0, 0.1) is 10.1 Å². The number of nitrogens with zero attached hydrogens (tertiary/aromatic N) is 4. The van der Waals surface area contributed by atoms with Gasteiger partial charge in [0.25, 0.3) is 5.69 Å². The van der Waals surface area contributed by atoms with Gasteiger partial charge < -0.3 is 15.1 Å². The zero-order valence-corrected chi connectivity index (χ0v) is 12.7. The first-order valence-electron chi connectivity index (χ1n) is 7.44. The van der Waals surface area contributed by atoms with Crippen molar-refractivity contribution in [3.8, 4) is 0 Å². The van der Waals surface area contributed by atoms with E-state index in [-0.39, 0.29) is 10.6 Å². The van der Waals surface area contributed by atoms with Gasteiger partial charge in [-0.2, -0.15) is 0 Å². The second-order valence-electron chi connectivity index (χ2n) is 5.40. The molecule has 1 saturated heterocycles. The molecule has 1 fully saturated rings. The van der Waals surface area contributed by atoms with Gasteiger partial charge >= 0.3 is 0 Å². The van der Waals surface area contributed by atoms with Gasteiger partial charge in [-0.15, -0.1) is 0 Å². The summed E-state index contributed by atoms with van der Waals surface area (Å²) in [5, 5.41) is 14.2. The second kappa shape index (κ2) is 7.21. The smallest absolute Gasteiger partial charge is 0.276 e. The Balaban J connectivity index is 2.23. The number of nitro groups is 1. The minimum absolute atomic E-state index is 0.0937. The van der Waals surface area contributed by atoms with Crippen molar-refractivity contribution < 1.29 is 4.92 Å². The van der Waals surface area contributed by atoms with Gasteiger partial charge in [0, 0.05) is 26.2 Å². The Kier molecular flexibility index (Phi) is 5.32. The molecule has 1 N–H and O–H groups in total. The average molecular weight is 293 g/mol. The van der Waals surface area contributed by atoms with E-state index in [1.54, 1.807) is 6.07 Å². The minimum atomic E-state index is -0.355. The number of nitrogens with one attached hydrogen (secondary N) is 1. The van der Waals surface area contributed by atoms with Gasteiger partial charge in [0.1, 0.15) is 11.6 Å². The molecule has 7 heteroatoms. The van der Waals surface area contributed by atoms with Gasteiger partial charge in [-0.1, -0.05) is 6.92 Å². The fourth-order valence-corrected chi connectivity index (χ4v) is 2.39. The molecule has 2 rings (SSSR count). The highest BCUT2D eigenvalue weighted by Crippen LogP contribution is 2.24. The molecule has 1 aliphatic rings. The molecule has 0 aromatic carbocycles. The van der Waals surface area contributed by atoms with Crippen LogP contribution < -0.4 is 10.2 Å². The summed E-state index contributed by atoms with van der Waals surface area (Å²) in [6, 6.07) is 3.07. The molecule has 0 amide bonds. The van der Waals surface area contributed by atoms with E-state index in [2.05, 4.69) is 34.1 Å². The van der Waals surface area contributed by atoms with E-state index in [1.807, 2.05) is 0 Å². The highest BCUT2D eigenvalue weighted by atomic mass is 16.6. The van der Waals surface area contributed by atoms with Crippen LogP contribution in [0.15, 0.2) is 12.1 Å². The van der Waals surface area contributed by atoms with E-state index < -0.39 is 0 Å². The van der Waals surface area contributed by atoms with Crippen LogP contribution in [-0.2, 0) is 0 Å². The molecule has 0 radical (unpaired) electrons. The predicted octanol–water partition coefficient (Wildman–Crippen LogP) is 1.95. The highest BCUT2D eigenvalue weighted by Gasteiger charge is 2.18. The largest absolute Gasteiger partial charge is 0.370 e. The fourth-order valence-electron chi connectivity index (χ4n) is 2.39. The molecule has 1 aromatic rings. The monoisotopic (exact) mass is 293 g/mol. The van der Waals surface area contributed by atoms with E-state index in [1.165, 1.54) is 6.07 Å². The Morgan fingerprint density at radius 2 is 2.14 bits per heavy atom. The molecule has 21 heavy (non-hydrogen) atoms. The lowest BCUT2D eigenvalue weighted by atomic mass is 10.3. The Labute approximate surface area is 125 Å². The third-order valence-electron chi connectivity index (χ3n) is 3.61. The number of hydrogen-bond donors (Lipinski definition) is 1. The number of rotatable bonds is 5. The van der Waals surface area contributed by atoms with Crippen molar-refractivity contribution in [1.82, 2.24) is 9.88 Å². The Morgan fingerprint density at radius 1 is 1.33 bits per heavy atom. The van der Waals surface area contributed by atoms with Gasteiger partial charge in [0.2, 0.25) is 0 Å². The number of anilines is 2. The molecule has 0 unspecified atom stereocenters. The molecule has 0 spiro atoms. The maximum atomic E-state index is 11.1. The van der Waals surface area contributed by atoms with E-state index in [0.717, 1.165) is 45.6 Å². The summed E-state index contributed by atoms with van der Waals surface area (Å²) in [7, 11) is 2.10. The van der Waals surface area contributed by atoms with Crippen molar-refractivity contribution in [1.29, 1.82) is 0 Å². The molecule has 0 atom stereocenters. The van der Waals surface area contributed by atoms with Gasteiger partial charge in [0.05, 0.1) is 17.1 Å². The van der Waals surface area contributed by atoms with Crippen LogP contribution in [0.3, 0.4) is 0 Å². The van der Waals surface area contributed by atoms with Crippen LogP contribution in [0.5, 0.6) is 0 Å². The predicted molar refractivity (Wildman–Crippen MR) is 84.0 cm³/mol. The van der Waals surface area contributed by atoms with Crippen molar-refractivity contribution in [2.24, 2.45) is 0 Å². The second-order valence-corrected chi connectivity index (χ2v) is 5.40. The first kappa shape index (κ1) is 15.5. The lowest BCUT2D eigenvalue weighted by molar-refractivity contribution is -0.384. The third kappa shape index (κ3) is 4.29. The summed E-state index contributed by atoms with van der Waals surface area (Å²) in [5.41, 5.74) is 0.0937. The van der Waals surface area contributed by atoms with Crippen LogP contribution >= 0.6 is 0 Å². The standard InChI is InChI=1S/C14H23N5O2/c1-3-5-15-13-10-12(19(20)21)11-14(16-13)18-7-4-6-17(2)8-9-18/h10-11H,3-9H2,1-2H3,(H,15,16). The number of likely N-dealkylation sites (N-methyl/N-ethyl adjacent to an activating group) is 1. The molecule has 116 valence electrons. The number of hydrogen-bond acceptors (Lipinski definition) is 6. The molecular weight excluding hydrogens is 270 g/mol. The Hall–Kier alpha value is -1.89. The van der Waals surface area contributed by atoms with E-state index in [9.17, 15) is 10.1 Å². The van der Waals surface area contributed by atoms with Crippen molar-refractivity contribution in [2.45, 2.75) is 19.8 Å². The van der Waals surface area contributed by atoms with Gasteiger partial charge in [-0.3, -0.25) is 10.1 Å². The lowest BCUT2D eigenvalue weighted by Gasteiger charge is -2.22. The first-order valence-corrected chi connectivity index (χ1v) is 7.44. The van der Waals surface area contributed by atoms with E-state index in [4.69, 9.17) is 0 Å². The van der Waals surface area contributed by atoms with E-state index >= 15 is 0 Å². The van der Waals surface area contributed by atoms with Crippen LogP contribution in [0.2, 0.25) is 0 Å². The topological polar surface area (TPSA) is 74.5 Å². The molecule has 7 nitrogen and oxygen atoms in total. The highest BCUT2D eigenvalue weighted by molar-refractivity contribution is 5.56. The van der Waals surface area contributed by atoms with Crippen molar-refractivity contribution in [3.63, 3.8) is 0 Å². The summed E-state index contributed by atoms with van der Waals surface area (Å²) in [5.74, 6) is 1.27. The maximum absolute atomic E-state index is 11.1. The maximum Gasteiger partial charge on any atom is 0.276 e. The first-order chi connectivity index (χ1) is 10.1. The van der Waals surface area contributed by atoms with Crippen LogP contribution in [0.25, 0.3) is 0 Å². The summed E-state index contributed by atoms with van der Waals surface area (Å²) in [4.78, 5) is 19.7. The summed E-state index contributed by atoms with van der Waals surface area (Å²) < 4.78 is 0. The molecule has 0 bridgehead atoms. The summed E-state index contributed by atoms with van der Waals surface area (Å²) in [6.07, 6.45) is 1.99. The van der Waals surface area contributed by atoms with Gasteiger partial charge in [-0.05, 0) is 26.4 Å². The SMILES string of the molecule is CCCNc1cc([N+](=O)[O-])cc(N2CCCN(C)CC2)n1. The molecule has 0 aliphatic carbocycles. The summed E-state index contributed by atoms with van der Waals surface area (Å²) >= 11 is 0. The minimum Gasteiger partial charge on any atom is -0.370 e. The summed E-state index contributed by atoms with van der Waals surface area (Å²) in [6.45, 7) is 6.53. The van der Waals surface area contributed by atoms with Gasteiger partial charge in [0.15, 0.2) is 0 Å². The average Bonchev–Trinajstić information content (AvgIpc) is 2.69. The molecule has 0 saturated carbocycles.